The number of aryl methyl sites for hydroxylation is 2. The van der Waals surface area contributed by atoms with Crippen molar-refractivity contribution in [3.63, 3.8) is 0 Å². The minimum Gasteiger partial charge on any atom is -0.493 e. The van der Waals surface area contributed by atoms with E-state index in [-0.39, 0.29) is 5.91 Å². The van der Waals surface area contributed by atoms with Crippen LogP contribution in [-0.2, 0) is 0 Å². The summed E-state index contributed by atoms with van der Waals surface area (Å²) in [6, 6.07) is 8.08. The van der Waals surface area contributed by atoms with Crippen molar-refractivity contribution in [3.8, 4) is 5.75 Å². The highest BCUT2D eigenvalue weighted by Crippen LogP contribution is 2.22. The highest BCUT2D eigenvalue weighted by molar-refractivity contribution is 5.99. The van der Waals surface area contributed by atoms with Gasteiger partial charge in [0.25, 0.3) is 5.91 Å². The van der Waals surface area contributed by atoms with Crippen molar-refractivity contribution in [2.45, 2.75) is 26.7 Å². The molecule has 6 heteroatoms. The molecule has 0 spiro atoms. The monoisotopic (exact) mass is 364 g/mol. The molecule has 6 nitrogen and oxygen atoms in total. The van der Waals surface area contributed by atoms with Crippen LogP contribution < -0.4 is 4.74 Å². The Hall–Kier alpha value is -2.89. The molecule has 1 aliphatic rings. The van der Waals surface area contributed by atoms with Crippen LogP contribution in [0, 0.1) is 19.8 Å². The molecule has 1 fully saturated rings. The number of carbonyl (C=O) groups excluding carboxylic acids is 1. The van der Waals surface area contributed by atoms with Crippen molar-refractivity contribution in [1.29, 1.82) is 0 Å². The predicted molar refractivity (Wildman–Crippen MR) is 103 cm³/mol. The van der Waals surface area contributed by atoms with E-state index in [2.05, 4.69) is 17.0 Å². The maximum absolute atomic E-state index is 13.0. The van der Waals surface area contributed by atoms with Gasteiger partial charge in [-0.25, -0.2) is 9.50 Å². The molecule has 3 aromatic rings. The molecule has 140 valence electrons. The lowest BCUT2D eigenvalue weighted by atomic mass is 9.98. The molecule has 0 bridgehead atoms. The maximum atomic E-state index is 13.0. The van der Waals surface area contributed by atoms with Gasteiger partial charge in [0.05, 0.1) is 12.8 Å². The third kappa shape index (κ3) is 3.79. The van der Waals surface area contributed by atoms with Crippen molar-refractivity contribution in [2.24, 2.45) is 5.92 Å². The molecule has 4 rings (SSSR count). The summed E-state index contributed by atoms with van der Waals surface area (Å²) >= 11 is 0. The zero-order chi connectivity index (χ0) is 18.8. The topological polar surface area (TPSA) is 59.7 Å². The van der Waals surface area contributed by atoms with Crippen LogP contribution in [0.1, 0.15) is 34.3 Å². The quantitative estimate of drug-likeness (QED) is 0.713. The summed E-state index contributed by atoms with van der Waals surface area (Å²) in [4.78, 5) is 19.3. The molecule has 0 aliphatic carbocycles. The fourth-order valence-electron chi connectivity index (χ4n) is 3.52. The number of likely N-dealkylation sites (tertiary alicyclic amines) is 1. The number of amides is 1. The molecule has 1 aliphatic heterocycles. The standard InChI is InChI=1S/C21H24N4O2/c1-15-5-7-18(8-6-15)27-14-17-4-3-9-24(13-17)21(26)19-11-23-25-12-16(2)10-22-20(19)25/h5-8,10-12,17H,3-4,9,13-14H2,1-2H3/t17-/m1/s1. The number of carbonyl (C=O) groups is 1. The van der Waals surface area contributed by atoms with Crippen LogP contribution in [0.2, 0.25) is 0 Å². The third-order valence-electron chi connectivity index (χ3n) is 5.03. The van der Waals surface area contributed by atoms with E-state index in [0.29, 0.717) is 30.3 Å². The average molecular weight is 364 g/mol. The average Bonchev–Trinajstić information content (AvgIpc) is 3.10. The lowest BCUT2D eigenvalue weighted by molar-refractivity contribution is 0.0635. The van der Waals surface area contributed by atoms with E-state index in [1.807, 2.05) is 42.3 Å². The molecule has 1 aromatic carbocycles. The van der Waals surface area contributed by atoms with Crippen molar-refractivity contribution in [3.05, 3.63) is 59.5 Å². The number of nitrogens with zero attached hydrogens (tertiary/aromatic N) is 4. The van der Waals surface area contributed by atoms with Crippen molar-refractivity contribution in [2.75, 3.05) is 19.7 Å². The second-order valence-electron chi connectivity index (χ2n) is 7.34. The highest BCUT2D eigenvalue weighted by Gasteiger charge is 2.27. The Labute approximate surface area is 158 Å². The molecular formula is C21H24N4O2. The predicted octanol–water partition coefficient (Wildman–Crippen LogP) is 3.28. The van der Waals surface area contributed by atoms with E-state index >= 15 is 0 Å². The molecule has 0 N–H and O–H groups in total. The van der Waals surface area contributed by atoms with Gasteiger partial charge >= 0.3 is 0 Å². The summed E-state index contributed by atoms with van der Waals surface area (Å²) in [5, 5.41) is 4.28. The molecular weight excluding hydrogens is 340 g/mol. The Bertz CT molecular complexity index is 948. The van der Waals surface area contributed by atoms with E-state index in [9.17, 15) is 4.79 Å². The normalized spacial score (nSPS) is 17.3. The van der Waals surface area contributed by atoms with E-state index in [1.54, 1.807) is 16.9 Å². The third-order valence-corrected chi connectivity index (χ3v) is 5.03. The van der Waals surface area contributed by atoms with Gasteiger partial charge in [0.15, 0.2) is 5.65 Å². The van der Waals surface area contributed by atoms with Gasteiger partial charge in [-0.2, -0.15) is 5.10 Å². The zero-order valence-corrected chi connectivity index (χ0v) is 15.8. The Morgan fingerprint density at radius 2 is 2.00 bits per heavy atom. The minimum absolute atomic E-state index is 0.00129. The second-order valence-corrected chi connectivity index (χ2v) is 7.34. The summed E-state index contributed by atoms with van der Waals surface area (Å²) in [5.41, 5.74) is 3.41. The van der Waals surface area contributed by atoms with Crippen LogP contribution >= 0.6 is 0 Å². The minimum atomic E-state index is 0.00129. The number of benzene rings is 1. The van der Waals surface area contributed by atoms with Gasteiger partial charge in [-0.05, 0) is 44.4 Å². The van der Waals surface area contributed by atoms with Crippen LogP contribution in [0.5, 0.6) is 5.75 Å². The van der Waals surface area contributed by atoms with Crippen molar-refractivity contribution >= 4 is 11.6 Å². The molecule has 1 amide bonds. The Balaban J connectivity index is 1.42. The number of rotatable bonds is 4. The first kappa shape index (κ1) is 17.5. The van der Waals surface area contributed by atoms with Gasteiger partial charge in [0, 0.05) is 31.4 Å². The largest absolute Gasteiger partial charge is 0.493 e. The Kier molecular flexibility index (Phi) is 4.79. The van der Waals surface area contributed by atoms with Crippen LogP contribution in [0.4, 0.5) is 0 Å². The fraction of sp³-hybridized carbons (Fsp3) is 0.381. The number of aromatic nitrogens is 3. The first-order valence-corrected chi connectivity index (χ1v) is 9.39. The van der Waals surface area contributed by atoms with Crippen molar-refractivity contribution < 1.29 is 9.53 Å². The van der Waals surface area contributed by atoms with Crippen LogP contribution in [0.25, 0.3) is 5.65 Å². The van der Waals surface area contributed by atoms with E-state index < -0.39 is 0 Å². The molecule has 3 heterocycles. The number of ether oxygens (including phenoxy) is 1. The van der Waals surface area contributed by atoms with Gasteiger partial charge in [0.2, 0.25) is 0 Å². The van der Waals surface area contributed by atoms with E-state index in [4.69, 9.17) is 4.74 Å². The summed E-state index contributed by atoms with van der Waals surface area (Å²) < 4.78 is 7.61. The summed E-state index contributed by atoms with van der Waals surface area (Å²) in [6.45, 7) is 6.11. The summed E-state index contributed by atoms with van der Waals surface area (Å²) in [7, 11) is 0. The highest BCUT2D eigenvalue weighted by atomic mass is 16.5. The summed E-state index contributed by atoms with van der Waals surface area (Å²) in [6.07, 6.45) is 7.33. The van der Waals surface area contributed by atoms with E-state index in [1.165, 1.54) is 5.56 Å². The Morgan fingerprint density at radius 1 is 1.19 bits per heavy atom. The lowest BCUT2D eigenvalue weighted by Crippen LogP contribution is -2.41. The number of piperidine rings is 1. The molecule has 0 unspecified atom stereocenters. The van der Waals surface area contributed by atoms with Crippen LogP contribution in [0.3, 0.4) is 0 Å². The lowest BCUT2D eigenvalue weighted by Gasteiger charge is -2.32. The van der Waals surface area contributed by atoms with Gasteiger partial charge in [0.1, 0.15) is 11.3 Å². The zero-order valence-electron chi connectivity index (χ0n) is 15.8. The molecule has 2 aromatic heterocycles. The van der Waals surface area contributed by atoms with E-state index in [0.717, 1.165) is 30.7 Å². The van der Waals surface area contributed by atoms with Gasteiger partial charge in [-0.1, -0.05) is 17.7 Å². The maximum Gasteiger partial charge on any atom is 0.259 e. The molecule has 1 saturated heterocycles. The molecule has 0 radical (unpaired) electrons. The number of fused-ring (bicyclic) bond motifs is 1. The van der Waals surface area contributed by atoms with Gasteiger partial charge < -0.3 is 9.64 Å². The molecule has 1 atom stereocenters. The number of hydrogen-bond acceptors (Lipinski definition) is 4. The smallest absolute Gasteiger partial charge is 0.259 e. The Morgan fingerprint density at radius 3 is 2.81 bits per heavy atom. The molecule has 27 heavy (non-hydrogen) atoms. The fourth-order valence-corrected chi connectivity index (χ4v) is 3.52. The van der Waals surface area contributed by atoms with Gasteiger partial charge in [-0.15, -0.1) is 0 Å². The second kappa shape index (κ2) is 7.39. The van der Waals surface area contributed by atoms with Crippen molar-refractivity contribution in [1.82, 2.24) is 19.5 Å². The van der Waals surface area contributed by atoms with Gasteiger partial charge in [-0.3, -0.25) is 4.79 Å². The first-order valence-electron chi connectivity index (χ1n) is 9.39. The summed E-state index contributed by atoms with van der Waals surface area (Å²) in [5.74, 6) is 1.22. The first-order chi connectivity index (χ1) is 13.1. The molecule has 0 saturated carbocycles. The number of hydrogen-bond donors (Lipinski definition) is 0. The van der Waals surface area contributed by atoms with Crippen LogP contribution in [-0.4, -0.2) is 45.1 Å². The SMILES string of the molecule is Cc1ccc(OC[C@@H]2CCCN(C(=O)c3cnn4cc(C)cnc34)C2)cc1. The van der Waals surface area contributed by atoms with Crippen LogP contribution in [0.15, 0.2) is 42.9 Å².